The van der Waals surface area contributed by atoms with Crippen molar-refractivity contribution >= 4 is 42.9 Å². The number of nitrogens with one attached hydrogen (secondary N) is 1. The van der Waals surface area contributed by atoms with E-state index in [0.717, 1.165) is 17.9 Å². The van der Waals surface area contributed by atoms with E-state index in [1.807, 2.05) is 18.4 Å². The first kappa shape index (κ1) is 17.6. The second kappa shape index (κ2) is 6.61. The Bertz CT molecular complexity index is 1070. The maximum absolute atomic E-state index is 12.4. The number of amides is 1. The molecular weight excluding hydrogens is 406 g/mol. The second-order valence-corrected chi connectivity index (χ2v) is 8.10. The molecule has 0 bridgehead atoms. The minimum absolute atomic E-state index is 0.0161. The van der Waals surface area contributed by atoms with Gasteiger partial charge in [0.15, 0.2) is 0 Å². The van der Waals surface area contributed by atoms with Crippen LogP contribution in [0.4, 0.5) is 0 Å². The molecule has 6 nitrogen and oxygen atoms in total. The largest absolute Gasteiger partial charge is 0.329 e. The first-order chi connectivity index (χ1) is 11.8. The average Bonchev–Trinajstić information content (AvgIpc) is 2.88. The number of halogens is 1. The molecule has 3 aromatic rings. The van der Waals surface area contributed by atoms with E-state index < -0.39 is 15.9 Å². The predicted octanol–water partition coefficient (Wildman–Crippen LogP) is 3.25. The lowest BCUT2D eigenvalue weighted by atomic mass is 10.2. The second-order valence-electron chi connectivity index (χ2n) is 5.50. The molecule has 25 heavy (non-hydrogen) atoms. The van der Waals surface area contributed by atoms with Crippen molar-refractivity contribution in [2.24, 2.45) is 0 Å². The van der Waals surface area contributed by atoms with Crippen molar-refractivity contribution in [1.82, 2.24) is 14.3 Å². The molecule has 1 amide bonds. The molecule has 0 saturated heterocycles. The summed E-state index contributed by atoms with van der Waals surface area (Å²) in [7, 11) is -3.95. The number of aryl methyl sites for hydroxylation is 2. The van der Waals surface area contributed by atoms with Crippen molar-refractivity contribution in [2.45, 2.75) is 25.3 Å². The monoisotopic (exact) mass is 421 g/mol. The highest BCUT2D eigenvalue weighted by molar-refractivity contribution is 9.10. The van der Waals surface area contributed by atoms with Crippen LogP contribution in [0.1, 0.15) is 23.1 Å². The van der Waals surface area contributed by atoms with E-state index in [0.29, 0.717) is 9.99 Å². The van der Waals surface area contributed by atoms with Gasteiger partial charge in [-0.15, -0.1) is 0 Å². The van der Waals surface area contributed by atoms with Gasteiger partial charge in [-0.1, -0.05) is 22.0 Å². The van der Waals surface area contributed by atoms with E-state index >= 15 is 0 Å². The number of hydrogen-bond acceptors (Lipinski definition) is 4. The fourth-order valence-corrected chi connectivity index (χ4v) is 4.24. The van der Waals surface area contributed by atoms with Crippen LogP contribution in [0.25, 0.3) is 11.0 Å². The zero-order chi connectivity index (χ0) is 18.2. The van der Waals surface area contributed by atoms with Crippen LogP contribution < -0.4 is 4.72 Å². The van der Waals surface area contributed by atoms with E-state index in [4.69, 9.17) is 0 Å². The maximum atomic E-state index is 12.4. The van der Waals surface area contributed by atoms with E-state index in [1.54, 1.807) is 30.3 Å². The first-order valence-corrected chi connectivity index (χ1v) is 9.89. The Balaban J connectivity index is 1.92. The highest BCUT2D eigenvalue weighted by atomic mass is 79.9. The molecule has 0 spiro atoms. The maximum Gasteiger partial charge on any atom is 0.265 e. The number of hydrogen-bond donors (Lipinski definition) is 1. The van der Waals surface area contributed by atoms with E-state index in [9.17, 15) is 13.2 Å². The summed E-state index contributed by atoms with van der Waals surface area (Å²) in [5.41, 5.74) is 1.81. The Kier molecular flexibility index (Phi) is 4.66. The van der Waals surface area contributed by atoms with Crippen LogP contribution in [0.5, 0.6) is 0 Å². The Labute approximate surface area is 154 Å². The number of imidazole rings is 1. The molecule has 0 aliphatic carbocycles. The molecule has 0 fully saturated rings. The summed E-state index contributed by atoms with van der Waals surface area (Å²) in [6.45, 7) is 4.67. The molecule has 8 heteroatoms. The SMILES string of the molecule is CCn1c(C)nc2cc(C(=O)NS(=O)(=O)c3cccc(Br)c3)ccc21. The van der Waals surface area contributed by atoms with Crippen LogP contribution >= 0.6 is 15.9 Å². The number of nitrogens with zero attached hydrogens (tertiary/aromatic N) is 2. The lowest BCUT2D eigenvalue weighted by Crippen LogP contribution is -2.30. The third kappa shape index (κ3) is 3.45. The summed E-state index contributed by atoms with van der Waals surface area (Å²) in [5.74, 6) is 0.155. The van der Waals surface area contributed by atoms with Gasteiger partial charge in [-0.05, 0) is 50.2 Å². The zero-order valence-corrected chi connectivity index (χ0v) is 16.1. The molecule has 130 valence electrons. The van der Waals surface area contributed by atoms with E-state index in [1.165, 1.54) is 12.1 Å². The third-order valence-electron chi connectivity index (χ3n) is 3.85. The van der Waals surface area contributed by atoms with Gasteiger partial charge in [-0.3, -0.25) is 4.79 Å². The van der Waals surface area contributed by atoms with Crippen LogP contribution in [-0.2, 0) is 16.6 Å². The summed E-state index contributed by atoms with van der Waals surface area (Å²) in [6, 6.07) is 11.1. The van der Waals surface area contributed by atoms with Crippen molar-refractivity contribution in [3.8, 4) is 0 Å². The summed E-state index contributed by atoms with van der Waals surface area (Å²) < 4.78 is 29.5. The van der Waals surface area contributed by atoms with E-state index in [-0.39, 0.29) is 10.5 Å². The van der Waals surface area contributed by atoms with Gasteiger partial charge < -0.3 is 4.57 Å². The molecule has 0 aliphatic rings. The van der Waals surface area contributed by atoms with Crippen molar-refractivity contribution in [3.05, 3.63) is 58.3 Å². The van der Waals surface area contributed by atoms with Gasteiger partial charge in [0.05, 0.1) is 15.9 Å². The third-order valence-corrected chi connectivity index (χ3v) is 5.67. The summed E-state index contributed by atoms with van der Waals surface area (Å²) >= 11 is 3.22. The Morgan fingerprint density at radius 1 is 1.24 bits per heavy atom. The normalized spacial score (nSPS) is 11.6. The molecular formula is C17H16BrN3O3S. The van der Waals surface area contributed by atoms with Crippen LogP contribution in [0.15, 0.2) is 51.8 Å². The van der Waals surface area contributed by atoms with Gasteiger partial charge in [0.2, 0.25) is 0 Å². The fourth-order valence-electron chi connectivity index (χ4n) is 2.66. The lowest BCUT2D eigenvalue weighted by Gasteiger charge is -2.08. The Morgan fingerprint density at radius 3 is 2.68 bits per heavy atom. The van der Waals surface area contributed by atoms with Gasteiger partial charge in [0, 0.05) is 16.6 Å². The molecule has 1 aromatic heterocycles. The molecule has 0 atom stereocenters. The number of rotatable bonds is 4. The summed E-state index contributed by atoms with van der Waals surface area (Å²) in [5, 5.41) is 0. The zero-order valence-electron chi connectivity index (χ0n) is 13.7. The van der Waals surface area contributed by atoms with Crippen LogP contribution in [0.2, 0.25) is 0 Å². The molecule has 0 radical (unpaired) electrons. The Hall–Kier alpha value is -2.19. The van der Waals surface area contributed by atoms with E-state index in [2.05, 4.69) is 25.6 Å². The van der Waals surface area contributed by atoms with Gasteiger partial charge in [0.1, 0.15) is 5.82 Å². The van der Waals surface area contributed by atoms with Gasteiger partial charge in [0.25, 0.3) is 15.9 Å². The molecule has 1 N–H and O–H groups in total. The lowest BCUT2D eigenvalue weighted by molar-refractivity contribution is 0.0981. The number of carbonyl (C=O) groups is 1. The first-order valence-electron chi connectivity index (χ1n) is 7.61. The molecule has 0 saturated carbocycles. The minimum atomic E-state index is -3.95. The van der Waals surface area contributed by atoms with Crippen molar-refractivity contribution in [1.29, 1.82) is 0 Å². The highest BCUT2D eigenvalue weighted by Gasteiger charge is 2.19. The molecule has 0 unspecified atom stereocenters. The number of benzene rings is 2. The van der Waals surface area contributed by atoms with Gasteiger partial charge in [-0.2, -0.15) is 0 Å². The van der Waals surface area contributed by atoms with Crippen LogP contribution in [-0.4, -0.2) is 23.9 Å². The number of sulfonamides is 1. The predicted molar refractivity (Wildman–Crippen MR) is 98.9 cm³/mol. The van der Waals surface area contributed by atoms with Crippen molar-refractivity contribution < 1.29 is 13.2 Å². The van der Waals surface area contributed by atoms with Crippen LogP contribution in [0, 0.1) is 6.92 Å². The average molecular weight is 422 g/mol. The Morgan fingerprint density at radius 2 is 2.00 bits per heavy atom. The molecule has 0 aliphatic heterocycles. The number of fused-ring (bicyclic) bond motifs is 1. The summed E-state index contributed by atoms with van der Waals surface area (Å²) in [4.78, 5) is 16.8. The molecule has 1 heterocycles. The fraction of sp³-hybridized carbons (Fsp3) is 0.176. The van der Waals surface area contributed by atoms with Crippen molar-refractivity contribution in [3.63, 3.8) is 0 Å². The van der Waals surface area contributed by atoms with Gasteiger partial charge in [-0.25, -0.2) is 18.1 Å². The number of carbonyl (C=O) groups excluding carboxylic acids is 1. The minimum Gasteiger partial charge on any atom is -0.329 e. The summed E-state index contributed by atoms with van der Waals surface area (Å²) in [6.07, 6.45) is 0. The molecule has 3 rings (SSSR count). The van der Waals surface area contributed by atoms with Crippen molar-refractivity contribution in [2.75, 3.05) is 0 Å². The smallest absolute Gasteiger partial charge is 0.265 e. The quantitative estimate of drug-likeness (QED) is 0.700. The number of aromatic nitrogens is 2. The highest BCUT2D eigenvalue weighted by Crippen LogP contribution is 2.19. The van der Waals surface area contributed by atoms with Crippen LogP contribution in [0.3, 0.4) is 0 Å². The van der Waals surface area contributed by atoms with Gasteiger partial charge >= 0.3 is 0 Å². The molecule has 2 aromatic carbocycles. The topological polar surface area (TPSA) is 81.1 Å². The standard InChI is InChI=1S/C17H16BrN3O3S/c1-3-21-11(2)19-15-9-12(7-8-16(15)21)17(22)20-25(23,24)14-6-4-5-13(18)10-14/h4-10H,3H2,1-2H3,(H,20,22).